The van der Waals surface area contributed by atoms with Crippen LogP contribution in [0, 0.1) is 11.8 Å². The van der Waals surface area contributed by atoms with Crippen molar-refractivity contribution < 1.29 is 14.1 Å². The lowest BCUT2D eigenvalue weighted by atomic mass is 9.92. The third kappa shape index (κ3) is 7.60. The van der Waals surface area contributed by atoms with Gasteiger partial charge in [0, 0.05) is 23.3 Å². The molecule has 35 heavy (non-hydrogen) atoms. The van der Waals surface area contributed by atoms with Gasteiger partial charge in [0.2, 0.25) is 5.90 Å². The third-order valence-corrected chi connectivity index (χ3v) is 6.93. The zero-order chi connectivity index (χ0) is 24.3. The number of nitrogens with zero attached hydrogens (tertiary/aromatic N) is 3. The fraction of sp³-hybridized carbons (Fsp3) is 0.586. The summed E-state index contributed by atoms with van der Waals surface area (Å²) in [7, 11) is 4.52. The molecule has 4 rings (SSSR count). The number of hydrogen-bond acceptors (Lipinski definition) is 5. The lowest BCUT2D eigenvalue weighted by Crippen LogP contribution is -2.40. The van der Waals surface area contributed by atoms with Gasteiger partial charge >= 0.3 is 0 Å². The second-order valence-corrected chi connectivity index (χ2v) is 10.4. The molecule has 1 aromatic carbocycles. The van der Waals surface area contributed by atoms with E-state index in [0.717, 1.165) is 48.9 Å². The number of unbranched alkanes of at least 4 members (excludes halogenated alkanes) is 4. The van der Waals surface area contributed by atoms with Crippen molar-refractivity contribution in [1.82, 2.24) is 4.98 Å². The molecule has 2 aliphatic rings. The highest BCUT2D eigenvalue weighted by atomic mass is 16.7. The topological polar surface area (TPSA) is 55.7 Å². The van der Waals surface area contributed by atoms with Gasteiger partial charge in [0.05, 0.1) is 32.6 Å². The molecule has 1 aliphatic heterocycles. The van der Waals surface area contributed by atoms with E-state index >= 15 is 0 Å². The standard InChI is InChI=1S/C29H41N4O2/c1-33(2,21-12-13-22-34-28-18-23-35-32-28)20-11-5-3-4-10-19-30-29-24-14-6-8-16-26(24)31-27-17-9-7-15-25(27)29/h6,8,14,16H,3-5,7,9-11,15,17-23H2,1-2H3,(H,30,31)/q+1. The molecule has 2 aromatic rings. The average molecular weight is 478 g/mol. The Balaban J connectivity index is 1.11. The maximum absolute atomic E-state index is 5.48. The van der Waals surface area contributed by atoms with Gasteiger partial charge in [-0.25, -0.2) is 0 Å². The summed E-state index contributed by atoms with van der Waals surface area (Å²) in [5.74, 6) is 7.02. The van der Waals surface area contributed by atoms with Crippen molar-refractivity contribution in [3.63, 3.8) is 0 Å². The molecule has 1 aliphatic carbocycles. The molecule has 1 aromatic heterocycles. The van der Waals surface area contributed by atoms with Crippen molar-refractivity contribution in [2.24, 2.45) is 5.16 Å². The fourth-order valence-electron chi connectivity index (χ4n) is 4.90. The third-order valence-electron chi connectivity index (χ3n) is 6.93. The Morgan fingerprint density at radius 3 is 2.71 bits per heavy atom. The van der Waals surface area contributed by atoms with Crippen LogP contribution in [0.4, 0.5) is 5.69 Å². The van der Waals surface area contributed by atoms with Gasteiger partial charge in [0.25, 0.3) is 0 Å². The highest BCUT2D eigenvalue weighted by Gasteiger charge is 2.18. The molecular weight excluding hydrogens is 436 g/mol. The Morgan fingerprint density at radius 1 is 1.00 bits per heavy atom. The first-order valence-corrected chi connectivity index (χ1v) is 13.4. The minimum Gasteiger partial charge on any atom is -0.465 e. The molecule has 0 unspecified atom stereocenters. The highest BCUT2D eigenvalue weighted by Crippen LogP contribution is 2.33. The maximum atomic E-state index is 5.48. The first-order valence-electron chi connectivity index (χ1n) is 13.4. The van der Waals surface area contributed by atoms with Gasteiger partial charge in [-0.1, -0.05) is 42.1 Å². The van der Waals surface area contributed by atoms with E-state index in [4.69, 9.17) is 14.6 Å². The van der Waals surface area contributed by atoms with Crippen molar-refractivity contribution in [3.05, 3.63) is 35.5 Å². The Bertz CT molecular complexity index is 1070. The summed E-state index contributed by atoms with van der Waals surface area (Å²) in [6.07, 6.45) is 11.9. The molecule has 0 saturated carbocycles. The molecular formula is C29H41N4O2+. The van der Waals surface area contributed by atoms with E-state index in [-0.39, 0.29) is 0 Å². The molecule has 0 bridgehead atoms. The van der Waals surface area contributed by atoms with Crippen LogP contribution in [0.2, 0.25) is 0 Å². The Morgan fingerprint density at radius 2 is 1.83 bits per heavy atom. The summed E-state index contributed by atoms with van der Waals surface area (Å²) < 4.78 is 6.41. The first-order chi connectivity index (χ1) is 17.1. The van der Waals surface area contributed by atoms with Crippen LogP contribution < -0.4 is 5.32 Å². The van der Waals surface area contributed by atoms with Gasteiger partial charge in [-0.2, -0.15) is 0 Å². The summed E-state index contributed by atoms with van der Waals surface area (Å²) in [6.45, 7) is 4.06. The normalized spacial score (nSPS) is 15.1. The number of para-hydroxylation sites is 1. The van der Waals surface area contributed by atoms with Gasteiger partial charge < -0.3 is 19.4 Å². The van der Waals surface area contributed by atoms with Crippen LogP contribution in [0.3, 0.4) is 0 Å². The molecule has 0 radical (unpaired) electrons. The number of nitrogens with one attached hydrogen (secondary N) is 1. The molecule has 2 heterocycles. The van der Waals surface area contributed by atoms with Crippen LogP contribution in [0.1, 0.15) is 62.6 Å². The summed E-state index contributed by atoms with van der Waals surface area (Å²) >= 11 is 0. The van der Waals surface area contributed by atoms with Crippen LogP contribution in [0.25, 0.3) is 10.9 Å². The van der Waals surface area contributed by atoms with Crippen molar-refractivity contribution in [2.45, 2.75) is 64.2 Å². The van der Waals surface area contributed by atoms with E-state index in [1.807, 2.05) is 0 Å². The molecule has 0 fully saturated rings. The van der Waals surface area contributed by atoms with Crippen LogP contribution >= 0.6 is 0 Å². The second-order valence-electron chi connectivity index (χ2n) is 10.4. The summed E-state index contributed by atoms with van der Waals surface area (Å²) in [4.78, 5) is 9.87. The predicted octanol–water partition coefficient (Wildman–Crippen LogP) is 5.31. The van der Waals surface area contributed by atoms with E-state index < -0.39 is 0 Å². The SMILES string of the molecule is C[N+](C)(CC#CCOC1=NOCC1)CCCCCCCNc1c2c(nc3ccccc13)CCCC2. The number of fused-ring (bicyclic) bond motifs is 2. The molecule has 6 nitrogen and oxygen atoms in total. The Kier molecular flexibility index (Phi) is 9.25. The molecule has 0 saturated heterocycles. The molecule has 1 N–H and O–H groups in total. The van der Waals surface area contributed by atoms with E-state index in [9.17, 15) is 0 Å². The maximum Gasteiger partial charge on any atom is 0.230 e. The summed E-state index contributed by atoms with van der Waals surface area (Å²) in [5, 5.41) is 8.90. The van der Waals surface area contributed by atoms with Gasteiger partial charge in [-0.05, 0) is 62.5 Å². The lowest BCUT2D eigenvalue weighted by molar-refractivity contribution is -0.883. The van der Waals surface area contributed by atoms with Crippen molar-refractivity contribution in [1.29, 1.82) is 0 Å². The van der Waals surface area contributed by atoms with Crippen LogP contribution in [0.15, 0.2) is 29.4 Å². The molecule has 6 heteroatoms. The number of quaternary nitrogens is 1. The van der Waals surface area contributed by atoms with Crippen molar-refractivity contribution >= 4 is 22.5 Å². The van der Waals surface area contributed by atoms with Crippen LogP contribution in [-0.4, -0.2) is 62.3 Å². The van der Waals surface area contributed by atoms with E-state index in [2.05, 4.69) is 60.7 Å². The monoisotopic (exact) mass is 477 g/mol. The number of pyridine rings is 1. The zero-order valence-corrected chi connectivity index (χ0v) is 21.6. The average Bonchev–Trinajstić information content (AvgIpc) is 3.38. The molecule has 0 spiro atoms. The number of aromatic nitrogens is 1. The fourth-order valence-corrected chi connectivity index (χ4v) is 4.90. The quantitative estimate of drug-likeness (QED) is 0.271. The minimum atomic E-state index is 0.397. The van der Waals surface area contributed by atoms with Crippen molar-refractivity contribution in [3.8, 4) is 11.8 Å². The number of rotatable bonds is 11. The van der Waals surface area contributed by atoms with E-state index in [0.29, 0.717) is 19.1 Å². The lowest BCUT2D eigenvalue weighted by Gasteiger charge is -2.27. The number of anilines is 1. The van der Waals surface area contributed by atoms with Crippen molar-refractivity contribution in [2.75, 3.05) is 52.3 Å². The number of oxime groups is 1. The van der Waals surface area contributed by atoms with Gasteiger partial charge in [0.1, 0.15) is 13.2 Å². The predicted molar refractivity (Wildman–Crippen MR) is 144 cm³/mol. The Labute approximate surface area is 210 Å². The van der Waals surface area contributed by atoms with Gasteiger partial charge in [0.15, 0.2) is 6.61 Å². The smallest absolute Gasteiger partial charge is 0.230 e. The van der Waals surface area contributed by atoms with E-state index in [1.165, 1.54) is 67.3 Å². The number of aryl methyl sites for hydroxylation is 1. The number of benzene rings is 1. The second kappa shape index (κ2) is 12.8. The molecule has 0 atom stereocenters. The van der Waals surface area contributed by atoms with E-state index in [1.54, 1.807) is 0 Å². The van der Waals surface area contributed by atoms with Gasteiger partial charge in [-0.3, -0.25) is 4.98 Å². The zero-order valence-electron chi connectivity index (χ0n) is 21.6. The van der Waals surface area contributed by atoms with Crippen LogP contribution in [-0.2, 0) is 22.4 Å². The van der Waals surface area contributed by atoms with Gasteiger partial charge in [-0.15, -0.1) is 0 Å². The molecule has 0 amide bonds. The minimum absolute atomic E-state index is 0.397. The summed E-state index contributed by atoms with van der Waals surface area (Å²) in [5.41, 5.74) is 5.26. The largest absolute Gasteiger partial charge is 0.465 e. The van der Waals surface area contributed by atoms with Crippen LogP contribution in [0.5, 0.6) is 0 Å². The summed E-state index contributed by atoms with van der Waals surface area (Å²) in [6, 6.07) is 8.59. The highest BCUT2D eigenvalue weighted by molar-refractivity contribution is 5.93. The number of hydrogen-bond donors (Lipinski definition) is 1. The molecule has 188 valence electrons. The number of ether oxygens (including phenoxy) is 1. The Hall–Kier alpha value is -2.78. The first kappa shape index (κ1) is 25.3.